The van der Waals surface area contributed by atoms with Gasteiger partial charge in [0.05, 0.1) is 5.02 Å². The van der Waals surface area contributed by atoms with Crippen LogP contribution in [0.2, 0.25) is 5.02 Å². The Hall–Kier alpha value is -0.990. The van der Waals surface area contributed by atoms with Crippen molar-refractivity contribution in [1.82, 2.24) is 4.98 Å². The Morgan fingerprint density at radius 1 is 1.53 bits per heavy atom. The zero-order valence-corrected chi connectivity index (χ0v) is 8.56. The van der Waals surface area contributed by atoms with Crippen LogP contribution < -0.4 is 5.14 Å². The highest BCUT2D eigenvalue weighted by molar-refractivity contribution is 7.89. The highest BCUT2D eigenvalue weighted by atomic mass is 35.5. The summed E-state index contributed by atoms with van der Waals surface area (Å²) in [5.41, 5.74) is -1.08. The van der Waals surface area contributed by atoms with Gasteiger partial charge in [-0.15, -0.1) is 0 Å². The van der Waals surface area contributed by atoms with Gasteiger partial charge in [0, 0.05) is 6.20 Å². The summed E-state index contributed by atoms with van der Waals surface area (Å²) in [6, 6.07) is 0. The lowest BCUT2D eigenvalue weighted by molar-refractivity contribution is 0.141. The molecule has 0 radical (unpaired) electrons. The van der Waals surface area contributed by atoms with E-state index in [1.54, 1.807) is 0 Å². The van der Waals surface area contributed by atoms with Gasteiger partial charge in [0.2, 0.25) is 10.0 Å². The Morgan fingerprint density at radius 2 is 2.07 bits per heavy atom. The molecule has 0 saturated heterocycles. The van der Waals surface area contributed by atoms with Crippen molar-refractivity contribution in [2.45, 2.75) is 11.3 Å². The molecule has 15 heavy (non-hydrogen) atoms. The van der Waals surface area contributed by atoms with E-state index >= 15 is 0 Å². The summed E-state index contributed by atoms with van der Waals surface area (Å²) in [5, 5.41) is 13.4. The predicted octanol–water partition coefficient (Wildman–Crippen LogP) is 1.03. The first-order valence-electron chi connectivity index (χ1n) is 3.43. The number of rotatable bonds is 2. The van der Waals surface area contributed by atoms with Gasteiger partial charge in [0.25, 0.3) is 6.43 Å². The molecular weight excluding hydrogens is 254 g/mol. The minimum absolute atomic E-state index is 0.514. The van der Waals surface area contributed by atoms with Crippen molar-refractivity contribution in [3.8, 4) is 5.75 Å². The summed E-state index contributed by atoms with van der Waals surface area (Å²) in [6.45, 7) is 0. The minimum atomic E-state index is -4.38. The average molecular weight is 259 g/mol. The molecule has 0 aromatic carbocycles. The van der Waals surface area contributed by atoms with Crippen LogP contribution in [0.4, 0.5) is 8.78 Å². The highest BCUT2D eigenvalue weighted by Gasteiger charge is 2.26. The van der Waals surface area contributed by atoms with Gasteiger partial charge in [-0.3, -0.25) is 0 Å². The van der Waals surface area contributed by atoms with Crippen molar-refractivity contribution in [1.29, 1.82) is 0 Å². The number of aromatic nitrogens is 1. The van der Waals surface area contributed by atoms with E-state index in [4.69, 9.17) is 11.6 Å². The van der Waals surface area contributed by atoms with Crippen molar-refractivity contribution < 1.29 is 22.3 Å². The molecule has 0 amide bonds. The van der Waals surface area contributed by atoms with Gasteiger partial charge >= 0.3 is 0 Å². The molecule has 0 aliphatic heterocycles. The largest absolute Gasteiger partial charge is 0.504 e. The van der Waals surface area contributed by atoms with E-state index in [0.29, 0.717) is 6.20 Å². The van der Waals surface area contributed by atoms with Crippen molar-refractivity contribution >= 4 is 21.6 Å². The third kappa shape index (κ3) is 2.33. The van der Waals surface area contributed by atoms with Crippen LogP contribution in [0.5, 0.6) is 5.75 Å². The number of nitrogens with zero attached hydrogens (tertiary/aromatic N) is 1. The van der Waals surface area contributed by atoms with Crippen LogP contribution in [0.3, 0.4) is 0 Å². The number of sulfonamides is 1. The Kier molecular flexibility index (Phi) is 3.12. The third-order valence-electron chi connectivity index (χ3n) is 1.48. The fraction of sp³-hybridized carbons (Fsp3) is 0.167. The number of primary sulfonamides is 1. The highest BCUT2D eigenvalue weighted by Crippen LogP contribution is 2.35. The van der Waals surface area contributed by atoms with Gasteiger partial charge in [-0.1, -0.05) is 11.6 Å². The van der Waals surface area contributed by atoms with E-state index < -0.39 is 37.8 Å². The average Bonchev–Trinajstić information content (AvgIpc) is 2.00. The number of aromatic hydroxyl groups is 1. The SMILES string of the molecule is NS(=O)(=O)c1c(Cl)cnc(C(F)F)c1O. The van der Waals surface area contributed by atoms with E-state index in [0.717, 1.165) is 0 Å². The van der Waals surface area contributed by atoms with Crippen molar-refractivity contribution in [3.05, 3.63) is 16.9 Å². The van der Waals surface area contributed by atoms with E-state index in [1.807, 2.05) is 0 Å². The predicted molar refractivity (Wildman–Crippen MR) is 47.2 cm³/mol. The molecule has 9 heteroatoms. The van der Waals surface area contributed by atoms with E-state index in [2.05, 4.69) is 10.1 Å². The third-order valence-corrected chi connectivity index (χ3v) is 2.86. The van der Waals surface area contributed by atoms with Gasteiger partial charge in [-0.2, -0.15) is 0 Å². The number of hydrogen-bond acceptors (Lipinski definition) is 4. The molecule has 1 aromatic heterocycles. The van der Waals surface area contributed by atoms with Crippen molar-refractivity contribution in [2.75, 3.05) is 0 Å². The van der Waals surface area contributed by atoms with Gasteiger partial charge < -0.3 is 5.11 Å². The Balaban J connectivity index is 3.59. The number of halogens is 3. The second-order valence-electron chi connectivity index (χ2n) is 2.51. The first kappa shape index (κ1) is 12.1. The van der Waals surface area contributed by atoms with Gasteiger partial charge in [-0.25, -0.2) is 27.3 Å². The smallest absolute Gasteiger partial charge is 0.284 e. The fourth-order valence-corrected chi connectivity index (χ4v) is 2.07. The molecule has 3 N–H and O–H groups in total. The van der Waals surface area contributed by atoms with E-state index in [-0.39, 0.29) is 0 Å². The molecule has 1 heterocycles. The van der Waals surface area contributed by atoms with Crippen LogP contribution in [-0.2, 0) is 10.0 Å². The minimum Gasteiger partial charge on any atom is -0.504 e. The molecule has 1 rings (SSSR count). The van der Waals surface area contributed by atoms with Crippen LogP contribution in [0.25, 0.3) is 0 Å². The Labute approximate surface area is 88.5 Å². The lowest BCUT2D eigenvalue weighted by Gasteiger charge is -2.07. The zero-order chi connectivity index (χ0) is 11.8. The van der Waals surface area contributed by atoms with Crippen LogP contribution in [-0.4, -0.2) is 18.5 Å². The second-order valence-corrected chi connectivity index (χ2v) is 4.42. The molecule has 0 bridgehead atoms. The van der Waals surface area contributed by atoms with Gasteiger partial charge in [-0.05, 0) is 0 Å². The van der Waals surface area contributed by atoms with E-state index in [9.17, 15) is 22.3 Å². The lowest BCUT2D eigenvalue weighted by Crippen LogP contribution is -2.14. The lowest BCUT2D eigenvalue weighted by atomic mass is 10.3. The molecule has 0 aliphatic rings. The van der Waals surface area contributed by atoms with Gasteiger partial charge in [0.1, 0.15) is 10.6 Å². The number of hydrogen-bond donors (Lipinski definition) is 2. The second kappa shape index (κ2) is 3.87. The first-order chi connectivity index (χ1) is 6.75. The summed E-state index contributed by atoms with van der Waals surface area (Å²) < 4.78 is 46.3. The monoisotopic (exact) mass is 258 g/mol. The normalized spacial score (nSPS) is 12.1. The summed E-state index contributed by atoms with van der Waals surface area (Å²) in [6.07, 6.45) is -2.44. The summed E-state index contributed by atoms with van der Waals surface area (Å²) in [4.78, 5) is 2.15. The Morgan fingerprint density at radius 3 is 2.47 bits per heavy atom. The summed E-state index contributed by atoms with van der Waals surface area (Å²) >= 11 is 5.36. The van der Waals surface area contributed by atoms with Crippen molar-refractivity contribution in [2.24, 2.45) is 5.14 Å². The van der Waals surface area contributed by atoms with E-state index in [1.165, 1.54) is 0 Å². The quantitative estimate of drug-likeness (QED) is 0.828. The van der Waals surface area contributed by atoms with Crippen molar-refractivity contribution in [3.63, 3.8) is 0 Å². The van der Waals surface area contributed by atoms with Crippen LogP contribution in [0.15, 0.2) is 11.1 Å². The number of nitrogens with two attached hydrogens (primary N) is 1. The molecular formula is C6H5ClF2N2O3S. The maximum absolute atomic E-state index is 12.2. The molecule has 0 fully saturated rings. The molecule has 0 aliphatic carbocycles. The molecule has 0 unspecified atom stereocenters. The summed E-state index contributed by atoms with van der Waals surface area (Å²) in [5.74, 6) is -1.22. The van der Waals surface area contributed by atoms with Crippen LogP contribution in [0.1, 0.15) is 12.1 Å². The van der Waals surface area contributed by atoms with Crippen LogP contribution in [0, 0.1) is 0 Å². The molecule has 0 saturated carbocycles. The zero-order valence-electron chi connectivity index (χ0n) is 6.99. The van der Waals surface area contributed by atoms with Crippen LogP contribution >= 0.6 is 11.6 Å². The first-order valence-corrected chi connectivity index (χ1v) is 5.36. The summed E-state index contributed by atoms with van der Waals surface area (Å²) in [7, 11) is -4.38. The molecule has 5 nitrogen and oxygen atoms in total. The Bertz CT molecular complexity index is 491. The molecule has 0 atom stereocenters. The fourth-order valence-electron chi connectivity index (χ4n) is 0.906. The maximum atomic E-state index is 12.2. The standard InChI is InChI=1S/C6H5ClF2N2O3S/c7-2-1-11-3(6(8)9)4(12)5(2)15(10,13)14/h1,6,12H,(H2,10,13,14). The number of alkyl halides is 2. The number of pyridine rings is 1. The molecule has 0 spiro atoms. The van der Waals surface area contributed by atoms with Gasteiger partial charge in [0.15, 0.2) is 5.75 Å². The molecule has 84 valence electrons. The molecule has 1 aromatic rings. The topological polar surface area (TPSA) is 93.3 Å². The maximum Gasteiger partial charge on any atom is 0.284 e.